The summed E-state index contributed by atoms with van der Waals surface area (Å²) in [6, 6.07) is 2.36. The predicted molar refractivity (Wildman–Crippen MR) is 87.1 cm³/mol. The Balaban J connectivity index is 2.19. The minimum absolute atomic E-state index is 0.00255. The molecule has 1 aliphatic heterocycles. The van der Waals surface area contributed by atoms with Crippen LogP contribution in [0.15, 0.2) is 24.3 Å². The van der Waals surface area contributed by atoms with Crippen molar-refractivity contribution < 1.29 is 29.3 Å². The number of hydrogen-bond donors (Lipinski definition) is 2. The zero-order valence-corrected chi connectivity index (χ0v) is 13.8. The Labute approximate surface area is 140 Å². The van der Waals surface area contributed by atoms with Crippen LogP contribution in [0.2, 0.25) is 0 Å². The van der Waals surface area contributed by atoms with Crippen LogP contribution in [0, 0.1) is 0 Å². The highest BCUT2D eigenvalue weighted by Crippen LogP contribution is 2.34. The Morgan fingerprint density at radius 3 is 2.71 bits per heavy atom. The van der Waals surface area contributed by atoms with E-state index in [0.29, 0.717) is 0 Å². The van der Waals surface area contributed by atoms with Gasteiger partial charge in [-0.05, 0) is 25.0 Å². The smallest absolute Gasteiger partial charge is 0.310 e. The van der Waals surface area contributed by atoms with Crippen LogP contribution in [0.1, 0.15) is 42.6 Å². The summed E-state index contributed by atoms with van der Waals surface area (Å²) in [6.45, 7) is 3.94. The van der Waals surface area contributed by atoms with Gasteiger partial charge in [-0.25, -0.2) is 0 Å². The van der Waals surface area contributed by atoms with Crippen molar-refractivity contribution >= 4 is 11.8 Å². The molecule has 0 amide bonds. The number of Topliss-reactive ketones (excluding diaryl/α,β-unsaturated/α-hetero) is 1. The molecule has 0 spiro atoms. The summed E-state index contributed by atoms with van der Waals surface area (Å²) in [7, 11) is 0. The first-order chi connectivity index (χ1) is 11.5. The lowest BCUT2D eigenvalue weighted by molar-refractivity contribution is -0.142. The topological polar surface area (TPSA) is 96.4 Å². The molecule has 0 aromatic heterocycles. The van der Waals surface area contributed by atoms with Crippen LogP contribution in [-0.4, -0.2) is 40.8 Å². The molecule has 2 atom stereocenters. The van der Waals surface area contributed by atoms with Crippen molar-refractivity contribution in [3.8, 4) is 11.5 Å². The third-order valence-electron chi connectivity index (χ3n) is 3.64. The van der Waals surface area contributed by atoms with E-state index in [1.165, 1.54) is 6.07 Å². The van der Waals surface area contributed by atoms with Gasteiger partial charge in [0.25, 0.3) is 0 Å². The van der Waals surface area contributed by atoms with Crippen LogP contribution in [0.25, 0.3) is 0 Å². The summed E-state index contributed by atoms with van der Waals surface area (Å²) in [5, 5.41) is 19.7. The molecular weight excluding hydrogens is 312 g/mol. The summed E-state index contributed by atoms with van der Waals surface area (Å²) in [6.07, 6.45) is 4.49. The van der Waals surface area contributed by atoms with Crippen molar-refractivity contribution in [3.63, 3.8) is 0 Å². The van der Waals surface area contributed by atoms with E-state index in [2.05, 4.69) is 6.92 Å². The van der Waals surface area contributed by atoms with Crippen LogP contribution in [-0.2, 0) is 20.7 Å². The summed E-state index contributed by atoms with van der Waals surface area (Å²) in [5.74, 6) is -1.53. The number of epoxide rings is 1. The quantitative estimate of drug-likeness (QED) is 0.328. The number of phenols is 2. The number of allylic oxidation sites excluding steroid dienone is 1. The van der Waals surface area contributed by atoms with Gasteiger partial charge in [0, 0.05) is 6.07 Å². The van der Waals surface area contributed by atoms with Crippen molar-refractivity contribution in [2.75, 3.05) is 6.61 Å². The molecule has 1 heterocycles. The van der Waals surface area contributed by atoms with Gasteiger partial charge in [-0.15, -0.1) is 0 Å². The molecule has 6 nitrogen and oxygen atoms in total. The lowest BCUT2D eigenvalue weighted by Crippen LogP contribution is -2.16. The van der Waals surface area contributed by atoms with Gasteiger partial charge in [0.1, 0.15) is 17.6 Å². The first kappa shape index (κ1) is 18.0. The van der Waals surface area contributed by atoms with Crippen molar-refractivity contribution in [2.45, 2.75) is 45.3 Å². The van der Waals surface area contributed by atoms with Crippen LogP contribution in [0.5, 0.6) is 11.5 Å². The monoisotopic (exact) mass is 334 g/mol. The third-order valence-corrected chi connectivity index (χ3v) is 3.64. The molecular formula is C18H22O6. The molecule has 1 aromatic rings. The molecule has 1 fully saturated rings. The van der Waals surface area contributed by atoms with E-state index in [-0.39, 0.29) is 41.8 Å². The highest BCUT2D eigenvalue weighted by molar-refractivity contribution is 6.05. The van der Waals surface area contributed by atoms with Gasteiger partial charge in [-0.2, -0.15) is 0 Å². The number of ketones is 1. The maximum Gasteiger partial charge on any atom is 0.310 e. The Morgan fingerprint density at radius 1 is 1.29 bits per heavy atom. The van der Waals surface area contributed by atoms with E-state index < -0.39 is 17.9 Å². The molecule has 0 bridgehead atoms. The number of aromatic hydroxyl groups is 2. The summed E-state index contributed by atoms with van der Waals surface area (Å²) in [5.41, 5.74) is 0.222. The van der Waals surface area contributed by atoms with Crippen molar-refractivity contribution in [2.24, 2.45) is 0 Å². The number of ether oxygens (including phenoxy) is 2. The van der Waals surface area contributed by atoms with E-state index in [4.69, 9.17) is 9.47 Å². The zero-order chi connectivity index (χ0) is 17.7. The second kappa shape index (κ2) is 7.97. The Morgan fingerprint density at radius 2 is 2.04 bits per heavy atom. The van der Waals surface area contributed by atoms with E-state index >= 15 is 0 Å². The second-order valence-corrected chi connectivity index (χ2v) is 5.58. The second-order valence-electron chi connectivity index (χ2n) is 5.58. The van der Waals surface area contributed by atoms with Gasteiger partial charge < -0.3 is 19.7 Å². The average Bonchev–Trinajstić information content (AvgIpc) is 3.26. The molecule has 2 rings (SSSR count). The summed E-state index contributed by atoms with van der Waals surface area (Å²) >= 11 is 0. The lowest BCUT2D eigenvalue weighted by atomic mass is 9.96. The van der Waals surface area contributed by atoms with E-state index in [0.717, 1.165) is 18.9 Å². The third kappa shape index (κ3) is 4.35. The highest BCUT2D eigenvalue weighted by Gasteiger charge is 2.44. The fourth-order valence-corrected chi connectivity index (χ4v) is 2.48. The minimum Gasteiger partial charge on any atom is -0.508 e. The van der Waals surface area contributed by atoms with E-state index in [1.807, 2.05) is 12.2 Å². The maximum atomic E-state index is 12.6. The summed E-state index contributed by atoms with van der Waals surface area (Å²) in [4.78, 5) is 24.3. The predicted octanol–water partition coefficient (Wildman–Crippen LogP) is 2.51. The number of phenolic OH excluding ortho intramolecular Hbond substituents is 2. The van der Waals surface area contributed by atoms with Gasteiger partial charge in [0.05, 0.1) is 18.6 Å². The van der Waals surface area contributed by atoms with Crippen LogP contribution < -0.4 is 0 Å². The van der Waals surface area contributed by atoms with Crippen molar-refractivity contribution in [1.82, 2.24) is 0 Å². The Hall–Kier alpha value is -2.34. The SMILES string of the molecule is CCCC=C[C@H]1O[C@@H]1C(=O)c1c(O)cc(O)cc1CC(=O)OCC. The lowest BCUT2D eigenvalue weighted by Gasteiger charge is -2.10. The number of carbonyl (C=O) groups excluding carboxylic acids is 2. The van der Waals surface area contributed by atoms with Gasteiger partial charge in [-0.1, -0.05) is 25.5 Å². The van der Waals surface area contributed by atoms with E-state index in [9.17, 15) is 19.8 Å². The first-order valence-electron chi connectivity index (χ1n) is 8.04. The Kier molecular flexibility index (Phi) is 5.98. The first-order valence-corrected chi connectivity index (χ1v) is 8.04. The zero-order valence-electron chi connectivity index (χ0n) is 13.8. The number of benzene rings is 1. The molecule has 1 saturated heterocycles. The van der Waals surface area contributed by atoms with Gasteiger partial charge in [-0.3, -0.25) is 9.59 Å². The number of esters is 1. The largest absolute Gasteiger partial charge is 0.508 e. The molecule has 1 aliphatic rings. The average molecular weight is 334 g/mol. The minimum atomic E-state index is -0.672. The number of carbonyl (C=O) groups is 2. The van der Waals surface area contributed by atoms with Gasteiger partial charge in [0.15, 0.2) is 11.9 Å². The fourth-order valence-electron chi connectivity index (χ4n) is 2.48. The highest BCUT2D eigenvalue weighted by atomic mass is 16.6. The number of rotatable bonds is 8. The maximum absolute atomic E-state index is 12.6. The molecule has 1 aromatic carbocycles. The standard InChI is InChI=1S/C18H22O6/c1-3-5-6-7-14-18(24-14)17(22)16-11(9-15(21)23-4-2)8-12(19)10-13(16)20/h6-8,10,14,18-20H,3-5,9H2,1-2H3/t14-,18+/m1/s1. The van der Waals surface area contributed by atoms with Crippen molar-refractivity contribution in [1.29, 1.82) is 0 Å². The molecule has 0 unspecified atom stereocenters. The molecule has 2 N–H and O–H groups in total. The normalized spacial score (nSPS) is 19.4. The number of hydrogen-bond acceptors (Lipinski definition) is 6. The molecule has 0 radical (unpaired) electrons. The molecule has 0 aliphatic carbocycles. The summed E-state index contributed by atoms with van der Waals surface area (Å²) < 4.78 is 10.2. The van der Waals surface area contributed by atoms with Crippen LogP contribution in [0.4, 0.5) is 0 Å². The van der Waals surface area contributed by atoms with Gasteiger partial charge >= 0.3 is 5.97 Å². The molecule has 24 heavy (non-hydrogen) atoms. The fraction of sp³-hybridized carbons (Fsp3) is 0.444. The molecule has 130 valence electrons. The van der Waals surface area contributed by atoms with Gasteiger partial charge in [0.2, 0.25) is 0 Å². The van der Waals surface area contributed by atoms with Crippen molar-refractivity contribution in [3.05, 3.63) is 35.4 Å². The Bertz CT molecular complexity index is 649. The molecule has 0 saturated carbocycles. The van der Waals surface area contributed by atoms with E-state index in [1.54, 1.807) is 6.92 Å². The van der Waals surface area contributed by atoms with Crippen LogP contribution in [0.3, 0.4) is 0 Å². The number of unbranched alkanes of at least 4 members (excludes halogenated alkanes) is 1. The molecule has 6 heteroatoms. The van der Waals surface area contributed by atoms with Crippen LogP contribution >= 0.6 is 0 Å².